The first kappa shape index (κ1) is 11.5. The summed E-state index contributed by atoms with van der Waals surface area (Å²) in [6, 6.07) is 5.67. The molecule has 3 rings (SSSR count). The van der Waals surface area contributed by atoms with Gasteiger partial charge in [0.1, 0.15) is 11.6 Å². The summed E-state index contributed by atoms with van der Waals surface area (Å²) >= 11 is 0. The van der Waals surface area contributed by atoms with Crippen molar-refractivity contribution >= 4 is 5.84 Å². The third kappa shape index (κ3) is 1.59. The molecule has 1 aromatic rings. The summed E-state index contributed by atoms with van der Waals surface area (Å²) in [6.45, 7) is 4.57. The van der Waals surface area contributed by atoms with Crippen molar-refractivity contribution < 1.29 is 14.2 Å². The standard InChI is InChI=1S/C13H16N2O3/c1-3-6-16-9-4-5-10-11(7-9)13(15-12(10)14)17-8(2)18-13/h4-5,7-8H,3,6H2,1-2H3,(H2,14,15). The summed E-state index contributed by atoms with van der Waals surface area (Å²) < 4.78 is 16.8. The van der Waals surface area contributed by atoms with Crippen molar-refractivity contribution in [1.29, 1.82) is 0 Å². The highest BCUT2D eigenvalue weighted by Crippen LogP contribution is 2.46. The Hall–Kier alpha value is -1.59. The molecule has 0 aliphatic carbocycles. The minimum Gasteiger partial charge on any atom is -0.494 e. The highest BCUT2D eigenvalue weighted by atomic mass is 16.9. The summed E-state index contributed by atoms with van der Waals surface area (Å²) in [5, 5.41) is 0. The molecular formula is C13H16N2O3. The first-order valence-corrected chi connectivity index (χ1v) is 6.13. The first-order valence-electron chi connectivity index (χ1n) is 6.13. The molecule has 2 N–H and O–H groups in total. The molecule has 0 atom stereocenters. The van der Waals surface area contributed by atoms with E-state index in [0.29, 0.717) is 12.4 Å². The normalized spacial score (nSPS) is 28.8. The van der Waals surface area contributed by atoms with E-state index in [1.54, 1.807) is 0 Å². The van der Waals surface area contributed by atoms with E-state index in [1.807, 2.05) is 25.1 Å². The van der Waals surface area contributed by atoms with Crippen molar-refractivity contribution in [3.8, 4) is 5.75 Å². The molecule has 1 fully saturated rings. The largest absolute Gasteiger partial charge is 0.494 e. The van der Waals surface area contributed by atoms with Gasteiger partial charge >= 0.3 is 5.91 Å². The Balaban J connectivity index is 1.94. The topological polar surface area (TPSA) is 66.1 Å². The zero-order valence-electron chi connectivity index (χ0n) is 10.5. The fourth-order valence-electron chi connectivity index (χ4n) is 2.24. The molecule has 0 saturated carbocycles. The fourth-order valence-corrected chi connectivity index (χ4v) is 2.24. The van der Waals surface area contributed by atoms with Crippen LogP contribution in [0.15, 0.2) is 23.2 Å². The van der Waals surface area contributed by atoms with Crippen LogP contribution in [0.3, 0.4) is 0 Å². The molecule has 18 heavy (non-hydrogen) atoms. The average molecular weight is 248 g/mol. The maximum absolute atomic E-state index is 5.88. The van der Waals surface area contributed by atoms with Gasteiger partial charge in [-0.05, 0) is 31.5 Å². The number of nitrogens with two attached hydrogens (primary N) is 1. The molecule has 0 unspecified atom stereocenters. The smallest absolute Gasteiger partial charge is 0.305 e. The highest BCUT2D eigenvalue weighted by molar-refractivity contribution is 6.01. The number of benzene rings is 1. The van der Waals surface area contributed by atoms with Crippen LogP contribution in [0.2, 0.25) is 0 Å². The van der Waals surface area contributed by atoms with Crippen molar-refractivity contribution in [3.63, 3.8) is 0 Å². The monoisotopic (exact) mass is 248 g/mol. The Morgan fingerprint density at radius 2 is 2.22 bits per heavy atom. The second kappa shape index (κ2) is 3.96. The van der Waals surface area contributed by atoms with Gasteiger partial charge in [0.05, 0.1) is 12.2 Å². The Kier molecular flexibility index (Phi) is 2.53. The van der Waals surface area contributed by atoms with Crippen molar-refractivity contribution in [2.75, 3.05) is 6.61 Å². The summed E-state index contributed by atoms with van der Waals surface area (Å²) in [7, 11) is 0. The Morgan fingerprint density at radius 1 is 1.44 bits per heavy atom. The van der Waals surface area contributed by atoms with Gasteiger partial charge in [0.2, 0.25) is 0 Å². The van der Waals surface area contributed by atoms with E-state index in [9.17, 15) is 0 Å². The van der Waals surface area contributed by atoms with E-state index in [2.05, 4.69) is 11.9 Å². The van der Waals surface area contributed by atoms with E-state index in [0.717, 1.165) is 23.3 Å². The average Bonchev–Trinajstić information content (AvgIpc) is 2.60. The van der Waals surface area contributed by atoms with E-state index in [1.165, 1.54) is 0 Å². The molecule has 5 heteroatoms. The summed E-state index contributed by atoms with van der Waals surface area (Å²) in [5.41, 5.74) is 7.55. The van der Waals surface area contributed by atoms with Crippen LogP contribution in [0, 0.1) is 0 Å². The molecule has 2 heterocycles. The maximum atomic E-state index is 5.88. The SMILES string of the molecule is CCCOc1ccc2c(c1)C1(N=C2N)OC(C)O1. The van der Waals surface area contributed by atoms with Gasteiger partial charge in [-0.15, -0.1) is 0 Å². The lowest BCUT2D eigenvalue weighted by molar-refractivity contribution is -0.451. The van der Waals surface area contributed by atoms with Gasteiger partial charge in [0, 0.05) is 5.56 Å². The van der Waals surface area contributed by atoms with Crippen LogP contribution in [-0.4, -0.2) is 18.7 Å². The number of nitrogens with zero attached hydrogens (tertiary/aromatic N) is 1. The van der Waals surface area contributed by atoms with Gasteiger partial charge in [0.25, 0.3) is 0 Å². The molecule has 0 radical (unpaired) electrons. The number of hydrogen-bond acceptors (Lipinski definition) is 5. The van der Waals surface area contributed by atoms with Crippen LogP contribution in [-0.2, 0) is 15.4 Å². The van der Waals surface area contributed by atoms with Crippen LogP contribution >= 0.6 is 0 Å². The number of ether oxygens (including phenoxy) is 3. The van der Waals surface area contributed by atoms with Crippen LogP contribution in [0.1, 0.15) is 31.4 Å². The lowest BCUT2D eigenvalue weighted by Gasteiger charge is -2.41. The second-order valence-corrected chi connectivity index (χ2v) is 4.44. The number of hydrogen-bond donors (Lipinski definition) is 1. The Bertz CT molecular complexity index is 507. The quantitative estimate of drug-likeness (QED) is 0.884. The lowest BCUT2D eigenvalue weighted by Crippen LogP contribution is -2.47. The highest BCUT2D eigenvalue weighted by Gasteiger charge is 2.52. The zero-order chi connectivity index (χ0) is 12.8. The molecule has 1 saturated heterocycles. The van der Waals surface area contributed by atoms with E-state index < -0.39 is 5.91 Å². The molecule has 0 bridgehead atoms. The second-order valence-electron chi connectivity index (χ2n) is 4.44. The summed E-state index contributed by atoms with van der Waals surface area (Å²) in [4.78, 5) is 4.26. The molecule has 0 aromatic heterocycles. The molecule has 2 aliphatic heterocycles. The first-order chi connectivity index (χ1) is 8.64. The van der Waals surface area contributed by atoms with Gasteiger partial charge < -0.3 is 10.5 Å². The predicted octanol–water partition coefficient (Wildman–Crippen LogP) is 1.70. The van der Waals surface area contributed by atoms with Crippen molar-refractivity contribution in [2.24, 2.45) is 10.7 Å². The van der Waals surface area contributed by atoms with Gasteiger partial charge in [-0.25, -0.2) is 4.99 Å². The zero-order valence-corrected chi connectivity index (χ0v) is 10.5. The molecule has 1 spiro atoms. The third-order valence-corrected chi connectivity index (χ3v) is 3.00. The van der Waals surface area contributed by atoms with Gasteiger partial charge in [0.15, 0.2) is 6.29 Å². The van der Waals surface area contributed by atoms with Crippen molar-refractivity contribution in [1.82, 2.24) is 0 Å². The van der Waals surface area contributed by atoms with E-state index >= 15 is 0 Å². The Labute approximate surface area is 106 Å². The third-order valence-electron chi connectivity index (χ3n) is 3.00. The number of fused-ring (bicyclic) bond motifs is 2. The Morgan fingerprint density at radius 3 is 2.89 bits per heavy atom. The molecule has 2 aliphatic rings. The van der Waals surface area contributed by atoms with Crippen molar-refractivity contribution in [3.05, 3.63) is 29.3 Å². The fraction of sp³-hybridized carbons (Fsp3) is 0.462. The van der Waals surface area contributed by atoms with E-state index in [4.69, 9.17) is 19.9 Å². The lowest BCUT2D eigenvalue weighted by atomic mass is 10.1. The van der Waals surface area contributed by atoms with Gasteiger partial charge in [-0.1, -0.05) is 6.92 Å². The predicted molar refractivity (Wildman–Crippen MR) is 66.3 cm³/mol. The molecule has 96 valence electrons. The molecule has 1 aromatic carbocycles. The maximum Gasteiger partial charge on any atom is 0.305 e. The molecule has 0 amide bonds. The van der Waals surface area contributed by atoms with Crippen LogP contribution < -0.4 is 10.5 Å². The van der Waals surface area contributed by atoms with Crippen molar-refractivity contribution in [2.45, 2.75) is 32.5 Å². The summed E-state index contributed by atoms with van der Waals surface area (Å²) in [6.07, 6.45) is 0.706. The van der Waals surface area contributed by atoms with Crippen LogP contribution in [0.5, 0.6) is 5.75 Å². The number of aliphatic imine (C=N–C) groups is 1. The minimum absolute atomic E-state index is 0.257. The minimum atomic E-state index is -1.04. The van der Waals surface area contributed by atoms with Crippen LogP contribution in [0.25, 0.3) is 0 Å². The molecule has 5 nitrogen and oxygen atoms in total. The van der Waals surface area contributed by atoms with Gasteiger partial charge in [-0.3, -0.25) is 9.47 Å². The molecular weight excluding hydrogens is 232 g/mol. The number of amidine groups is 1. The van der Waals surface area contributed by atoms with Gasteiger partial charge in [-0.2, -0.15) is 0 Å². The van der Waals surface area contributed by atoms with Crippen LogP contribution in [0.4, 0.5) is 0 Å². The summed E-state index contributed by atoms with van der Waals surface area (Å²) in [5.74, 6) is 0.190. The number of rotatable bonds is 3. The van der Waals surface area contributed by atoms with E-state index in [-0.39, 0.29) is 6.29 Å².